The molecule has 0 aromatic heterocycles. The minimum atomic E-state index is 0.520. The number of ether oxygens (including phenoxy) is 6. The molecule has 0 fully saturated rings. The minimum Gasteiger partial charge on any atom is -0.498 e. The summed E-state index contributed by atoms with van der Waals surface area (Å²) in [5.74, 6) is 0. The second-order valence-electron chi connectivity index (χ2n) is 8.08. The van der Waals surface area contributed by atoms with Crippen LogP contribution >= 0.6 is 0 Å². The fourth-order valence-electron chi connectivity index (χ4n) is 2.86. The van der Waals surface area contributed by atoms with Crippen LogP contribution in [0.2, 0.25) is 0 Å². The Morgan fingerprint density at radius 2 is 0.971 bits per heavy atom. The van der Waals surface area contributed by atoms with E-state index in [1.165, 1.54) is 0 Å². The maximum Gasteiger partial charge on any atom is 0.111 e. The predicted molar refractivity (Wildman–Crippen MR) is 139 cm³/mol. The number of rotatable bonds is 22. The first-order valence-electron chi connectivity index (χ1n) is 12.7. The monoisotopic (exact) mass is 478 g/mol. The molecule has 0 saturated carbocycles. The van der Waals surface area contributed by atoms with Crippen molar-refractivity contribution in [3.8, 4) is 0 Å². The molecule has 0 N–H and O–H groups in total. The Bertz CT molecular complexity index is 617. The average Bonchev–Trinajstić information content (AvgIpc) is 2.86. The van der Waals surface area contributed by atoms with Crippen LogP contribution in [0.1, 0.15) is 64.5 Å². The van der Waals surface area contributed by atoms with Gasteiger partial charge in [0, 0.05) is 13.2 Å². The van der Waals surface area contributed by atoms with E-state index in [2.05, 4.69) is 32.0 Å². The van der Waals surface area contributed by atoms with Gasteiger partial charge in [-0.15, -0.1) is 0 Å². The maximum absolute atomic E-state index is 5.64. The second kappa shape index (κ2) is 21.7. The van der Waals surface area contributed by atoms with E-state index in [1.54, 1.807) is 12.5 Å². The topological polar surface area (TPSA) is 55.4 Å². The lowest BCUT2D eigenvalue weighted by Gasteiger charge is -2.09. The number of allylic oxidation sites excluding steroid dienone is 2. The highest BCUT2D eigenvalue weighted by Gasteiger charge is 2.01. The Labute approximate surface area is 207 Å². The first-order chi connectivity index (χ1) is 16.7. The van der Waals surface area contributed by atoms with E-state index in [1.807, 2.05) is 19.9 Å². The summed E-state index contributed by atoms with van der Waals surface area (Å²) in [6.07, 6.45) is 8.08. The van der Waals surface area contributed by atoms with Crippen molar-refractivity contribution in [3.63, 3.8) is 0 Å². The highest BCUT2D eigenvalue weighted by Crippen LogP contribution is 2.20. The van der Waals surface area contributed by atoms with Crippen LogP contribution in [0, 0.1) is 0 Å². The molecule has 0 radical (unpaired) electrons. The van der Waals surface area contributed by atoms with Crippen molar-refractivity contribution in [2.24, 2.45) is 0 Å². The summed E-state index contributed by atoms with van der Waals surface area (Å²) in [5.41, 5.74) is 4.35. The zero-order chi connectivity index (χ0) is 24.7. The predicted octanol–water partition coefficient (Wildman–Crippen LogP) is 6.11. The van der Waals surface area contributed by atoms with E-state index in [4.69, 9.17) is 28.4 Å². The molecule has 0 aliphatic heterocycles. The lowest BCUT2D eigenvalue weighted by molar-refractivity contribution is 0.0300. The quantitative estimate of drug-likeness (QED) is 0.148. The average molecular weight is 479 g/mol. The third-order valence-corrected chi connectivity index (χ3v) is 5.01. The zero-order valence-electron chi connectivity index (χ0n) is 21.8. The molecule has 0 atom stereocenters. The molecule has 0 bridgehead atoms. The van der Waals surface area contributed by atoms with Gasteiger partial charge in [-0.2, -0.15) is 0 Å². The number of hydrogen-bond donors (Lipinski definition) is 0. The SMILES string of the molecule is CCCCOCCOCCOC=C(C)c1cccc(/C(C)=C\OCCOCCOCCCC)c1. The summed E-state index contributed by atoms with van der Waals surface area (Å²) in [4.78, 5) is 0. The second-order valence-corrected chi connectivity index (χ2v) is 8.08. The van der Waals surface area contributed by atoms with Crippen LogP contribution in [0.15, 0.2) is 36.8 Å². The molecule has 0 spiro atoms. The summed E-state index contributed by atoms with van der Waals surface area (Å²) in [7, 11) is 0. The maximum atomic E-state index is 5.64. The molecular weight excluding hydrogens is 432 g/mol. The lowest BCUT2D eigenvalue weighted by atomic mass is 10.0. The van der Waals surface area contributed by atoms with E-state index in [0.29, 0.717) is 52.9 Å². The Kier molecular flexibility index (Phi) is 19.2. The van der Waals surface area contributed by atoms with Gasteiger partial charge >= 0.3 is 0 Å². The van der Waals surface area contributed by atoms with Crippen LogP contribution in [0.4, 0.5) is 0 Å². The first kappa shape index (κ1) is 30.2. The zero-order valence-corrected chi connectivity index (χ0v) is 21.8. The van der Waals surface area contributed by atoms with Crippen molar-refractivity contribution in [2.75, 3.05) is 66.1 Å². The van der Waals surface area contributed by atoms with Gasteiger partial charge in [0.25, 0.3) is 0 Å². The number of unbranched alkanes of at least 4 members (excludes halogenated alkanes) is 2. The van der Waals surface area contributed by atoms with Gasteiger partial charge in [-0.05, 0) is 55.0 Å². The molecule has 34 heavy (non-hydrogen) atoms. The highest BCUT2D eigenvalue weighted by atomic mass is 16.5. The summed E-state index contributed by atoms with van der Waals surface area (Å²) in [5, 5.41) is 0. The van der Waals surface area contributed by atoms with Crippen LogP contribution < -0.4 is 0 Å². The Morgan fingerprint density at radius 3 is 1.38 bits per heavy atom. The van der Waals surface area contributed by atoms with Crippen molar-refractivity contribution in [1.29, 1.82) is 0 Å². The molecule has 1 rings (SSSR count). The van der Waals surface area contributed by atoms with E-state index < -0.39 is 0 Å². The van der Waals surface area contributed by atoms with Gasteiger partial charge in [0.1, 0.15) is 13.2 Å². The van der Waals surface area contributed by atoms with Crippen molar-refractivity contribution in [2.45, 2.75) is 53.4 Å². The van der Waals surface area contributed by atoms with E-state index in [0.717, 1.165) is 61.2 Å². The molecule has 0 heterocycles. The van der Waals surface area contributed by atoms with Gasteiger partial charge in [-0.1, -0.05) is 44.9 Å². The molecule has 6 nitrogen and oxygen atoms in total. The molecule has 6 heteroatoms. The van der Waals surface area contributed by atoms with E-state index in [9.17, 15) is 0 Å². The van der Waals surface area contributed by atoms with Crippen molar-refractivity contribution in [1.82, 2.24) is 0 Å². The molecule has 1 aromatic rings. The van der Waals surface area contributed by atoms with Crippen molar-refractivity contribution < 1.29 is 28.4 Å². The summed E-state index contributed by atoms with van der Waals surface area (Å²) < 4.78 is 33.3. The Balaban J connectivity index is 2.25. The summed E-state index contributed by atoms with van der Waals surface area (Å²) >= 11 is 0. The van der Waals surface area contributed by atoms with Gasteiger partial charge in [0.15, 0.2) is 0 Å². The van der Waals surface area contributed by atoms with Gasteiger partial charge in [0.05, 0.1) is 52.2 Å². The van der Waals surface area contributed by atoms with Crippen LogP contribution in [0.3, 0.4) is 0 Å². The minimum absolute atomic E-state index is 0.520. The Morgan fingerprint density at radius 1 is 0.588 bits per heavy atom. The summed E-state index contributed by atoms with van der Waals surface area (Å²) in [6, 6.07) is 8.34. The normalized spacial score (nSPS) is 12.2. The summed E-state index contributed by atoms with van der Waals surface area (Å²) in [6.45, 7) is 14.6. The number of benzene rings is 1. The molecule has 194 valence electrons. The smallest absolute Gasteiger partial charge is 0.111 e. The molecule has 0 saturated heterocycles. The van der Waals surface area contributed by atoms with Crippen molar-refractivity contribution in [3.05, 3.63) is 47.9 Å². The van der Waals surface area contributed by atoms with E-state index in [-0.39, 0.29) is 0 Å². The largest absolute Gasteiger partial charge is 0.498 e. The Hall–Kier alpha value is -1.86. The van der Waals surface area contributed by atoms with E-state index >= 15 is 0 Å². The fraction of sp³-hybridized carbons (Fsp3) is 0.643. The number of hydrogen-bond acceptors (Lipinski definition) is 6. The standard InChI is InChI=1S/C28H46O6/c1-5-7-12-29-14-16-31-18-20-33-23-25(3)27-10-9-11-28(22-27)26(4)24-34-21-19-32-17-15-30-13-8-6-2/h9-11,22-24H,5-8,12-21H2,1-4H3/b25-23-,26-24?. The van der Waals surface area contributed by atoms with Crippen LogP contribution in [-0.4, -0.2) is 66.1 Å². The third-order valence-electron chi connectivity index (χ3n) is 5.01. The molecule has 0 aliphatic rings. The van der Waals surface area contributed by atoms with Gasteiger partial charge in [-0.25, -0.2) is 0 Å². The van der Waals surface area contributed by atoms with Crippen molar-refractivity contribution >= 4 is 11.1 Å². The molecule has 1 aromatic carbocycles. The van der Waals surface area contributed by atoms with Gasteiger partial charge in [0.2, 0.25) is 0 Å². The van der Waals surface area contributed by atoms with Crippen LogP contribution in [0.5, 0.6) is 0 Å². The van der Waals surface area contributed by atoms with Crippen LogP contribution in [-0.2, 0) is 28.4 Å². The van der Waals surface area contributed by atoms with Gasteiger partial charge in [-0.3, -0.25) is 0 Å². The first-order valence-corrected chi connectivity index (χ1v) is 12.7. The lowest BCUT2D eigenvalue weighted by Crippen LogP contribution is -2.08. The molecular formula is C28H46O6. The third kappa shape index (κ3) is 15.9. The van der Waals surface area contributed by atoms with Gasteiger partial charge < -0.3 is 28.4 Å². The highest BCUT2D eigenvalue weighted by molar-refractivity contribution is 5.70. The molecule has 0 unspecified atom stereocenters. The molecule has 0 aliphatic carbocycles. The van der Waals surface area contributed by atoms with Crippen LogP contribution in [0.25, 0.3) is 11.1 Å². The molecule has 0 amide bonds. The fourth-order valence-corrected chi connectivity index (χ4v) is 2.86.